The van der Waals surface area contributed by atoms with Crippen LogP contribution in [0.3, 0.4) is 0 Å². The van der Waals surface area contributed by atoms with E-state index >= 15 is 0 Å². The normalized spacial score (nSPS) is 10.6. The van der Waals surface area contributed by atoms with Crippen LogP contribution in [0, 0.1) is 0 Å². The van der Waals surface area contributed by atoms with Crippen LogP contribution in [-0.4, -0.2) is 32.5 Å². The monoisotopic (exact) mass is 357 g/mol. The number of pyridine rings is 1. The molecule has 3 nitrogen and oxygen atoms in total. The number of fused-ring (bicyclic) bond motifs is 1. The number of esters is 1. The Morgan fingerprint density at radius 2 is 1.82 bits per heavy atom. The first-order valence-corrected chi connectivity index (χ1v) is 8.79. The summed E-state index contributed by atoms with van der Waals surface area (Å²) in [6.45, 7) is 2.15. The van der Waals surface area contributed by atoms with Crippen molar-refractivity contribution in [2.75, 3.05) is 6.61 Å². The molecule has 0 aliphatic carbocycles. The summed E-state index contributed by atoms with van der Waals surface area (Å²) >= 11 is 0.116. The molecule has 3 rings (SSSR count). The van der Waals surface area contributed by atoms with Crippen molar-refractivity contribution >= 4 is 40.8 Å². The Bertz CT molecular complexity index is 803. The third-order valence-electron chi connectivity index (χ3n) is 3.13. The third-order valence-corrected chi connectivity index (χ3v) is 5.37. The van der Waals surface area contributed by atoms with Crippen molar-refractivity contribution in [2.45, 2.75) is 6.92 Å². The summed E-state index contributed by atoms with van der Waals surface area (Å²) in [5.41, 5.74) is 1.22. The number of nitrogens with zero attached hydrogens (tertiary/aromatic N) is 1. The van der Waals surface area contributed by atoms with Gasteiger partial charge in [0.05, 0.1) is 0 Å². The summed E-state index contributed by atoms with van der Waals surface area (Å²) in [5, 5.41) is 1.10. The zero-order chi connectivity index (χ0) is 15.4. The van der Waals surface area contributed by atoms with Crippen molar-refractivity contribution < 1.29 is 9.53 Å². The van der Waals surface area contributed by atoms with E-state index in [9.17, 15) is 4.79 Å². The topological polar surface area (TPSA) is 39.2 Å². The molecule has 4 heteroatoms. The van der Waals surface area contributed by atoms with Crippen LogP contribution in [0.15, 0.2) is 60.7 Å². The number of benzene rings is 2. The van der Waals surface area contributed by atoms with Crippen molar-refractivity contribution in [1.29, 1.82) is 0 Å². The Morgan fingerprint density at radius 1 is 1.09 bits per heavy atom. The van der Waals surface area contributed by atoms with Crippen molar-refractivity contribution in [3.63, 3.8) is 0 Å². The number of para-hydroxylation sites is 1. The van der Waals surface area contributed by atoms with Gasteiger partial charge in [-0.25, -0.2) is 0 Å². The van der Waals surface area contributed by atoms with Crippen molar-refractivity contribution in [2.24, 2.45) is 0 Å². The molecular weight excluding hydrogens is 341 g/mol. The van der Waals surface area contributed by atoms with E-state index in [2.05, 4.69) is 23.2 Å². The number of hydrogen-bond acceptors (Lipinski definition) is 3. The summed E-state index contributed by atoms with van der Waals surface area (Å²) < 4.78 is 7.50. The summed E-state index contributed by atoms with van der Waals surface area (Å²) in [4.78, 5) is 16.4. The maximum absolute atomic E-state index is 12.0. The van der Waals surface area contributed by atoms with E-state index in [1.807, 2.05) is 42.5 Å². The van der Waals surface area contributed by atoms with Gasteiger partial charge in [0.1, 0.15) is 0 Å². The van der Waals surface area contributed by atoms with Gasteiger partial charge in [-0.05, 0) is 0 Å². The Hall–Kier alpha value is -2.16. The van der Waals surface area contributed by atoms with Gasteiger partial charge in [-0.15, -0.1) is 0 Å². The Morgan fingerprint density at radius 3 is 2.59 bits per heavy atom. The predicted octanol–water partition coefficient (Wildman–Crippen LogP) is 2.07. The standard InChI is InChI=1S/C18H15NO2Se/c1-2-21-18(20)16-12-17(22-13-8-4-3-5-9-13)14-10-6-7-11-15(14)19-16/h3-12H,2H2,1H3. The predicted molar refractivity (Wildman–Crippen MR) is 89.2 cm³/mol. The van der Waals surface area contributed by atoms with Crippen molar-refractivity contribution in [3.8, 4) is 0 Å². The third kappa shape index (κ3) is 3.19. The van der Waals surface area contributed by atoms with Gasteiger partial charge in [0, 0.05) is 0 Å². The molecule has 0 spiro atoms. The molecule has 0 N–H and O–H groups in total. The molecule has 0 saturated carbocycles. The van der Waals surface area contributed by atoms with E-state index in [1.54, 1.807) is 6.92 Å². The molecule has 0 amide bonds. The summed E-state index contributed by atoms with van der Waals surface area (Å²) in [6, 6.07) is 20.1. The van der Waals surface area contributed by atoms with E-state index in [0.29, 0.717) is 12.3 Å². The number of ether oxygens (including phenoxy) is 1. The summed E-state index contributed by atoms with van der Waals surface area (Å²) in [6.07, 6.45) is 0. The number of carbonyl (C=O) groups is 1. The Kier molecular flexibility index (Phi) is 4.52. The molecule has 1 heterocycles. The van der Waals surface area contributed by atoms with E-state index in [-0.39, 0.29) is 20.9 Å². The molecule has 0 aliphatic heterocycles. The minimum atomic E-state index is -0.363. The molecule has 0 saturated heterocycles. The first kappa shape index (κ1) is 14.8. The molecule has 0 atom stereocenters. The van der Waals surface area contributed by atoms with Gasteiger partial charge in [-0.1, -0.05) is 0 Å². The summed E-state index contributed by atoms with van der Waals surface area (Å²) in [7, 11) is 0. The molecule has 22 heavy (non-hydrogen) atoms. The van der Waals surface area contributed by atoms with Crippen LogP contribution in [0.25, 0.3) is 10.9 Å². The molecule has 0 aliphatic rings. The van der Waals surface area contributed by atoms with Gasteiger partial charge in [0.25, 0.3) is 0 Å². The average Bonchev–Trinajstić information content (AvgIpc) is 2.56. The molecule has 2 aromatic carbocycles. The Labute approximate surface area is 135 Å². The van der Waals surface area contributed by atoms with Crippen LogP contribution in [0.1, 0.15) is 17.4 Å². The van der Waals surface area contributed by atoms with E-state index in [4.69, 9.17) is 4.74 Å². The molecule has 110 valence electrons. The summed E-state index contributed by atoms with van der Waals surface area (Å²) in [5.74, 6) is -0.363. The van der Waals surface area contributed by atoms with Gasteiger partial charge >= 0.3 is 135 Å². The molecular formula is C18H15NO2Se. The zero-order valence-electron chi connectivity index (χ0n) is 12.2. The SMILES string of the molecule is CCOC(=O)c1cc([Se]c2ccccc2)c2ccccc2n1. The molecule has 3 aromatic rings. The van der Waals surface area contributed by atoms with Gasteiger partial charge in [0.2, 0.25) is 0 Å². The number of aromatic nitrogens is 1. The van der Waals surface area contributed by atoms with Crippen LogP contribution in [0.4, 0.5) is 0 Å². The van der Waals surface area contributed by atoms with E-state index < -0.39 is 0 Å². The molecule has 0 unspecified atom stereocenters. The number of carbonyl (C=O) groups excluding carboxylic acids is 1. The van der Waals surface area contributed by atoms with Crippen LogP contribution < -0.4 is 8.92 Å². The second-order valence-corrected chi connectivity index (χ2v) is 7.00. The van der Waals surface area contributed by atoms with Gasteiger partial charge in [-0.2, -0.15) is 0 Å². The van der Waals surface area contributed by atoms with Crippen LogP contribution >= 0.6 is 0 Å². The second kappa shape index (κ2) is 6.73. The van der Waals surface area contributed by atoms with Gasteiger partial charge in [-0.3, -0.25) is 0 Å². The van der Waals surface area contributed by atoms with Crippen LogP contribution in [0.5, 0.6) is 0 Å². The van der Waals surface area contributed by atoms with E-state index in [1.165, 1.54) is 4.46 Å². The number of rotatable bonds is 4. The first-order valence-electron chi connectivity index (χ1n) is 7.07. The zero-order valence-corrected chi connectivity index (χ0v) is 13.9. The number of hydrogen-bond donors (Lipinski definition) is 0. The van der Waals surface area contributed by atoms with Crippen LogP contribution in [0.2, 0.25) is 0 Å². The van der Waals surface area contributed by atoms with Crippen LogP contribution in [-0.2, 0) is 4.74 Å². The quantitative estimate of drug-likeness (QED) is 0.531. The fourth-order valence-corrected chi connectivity index (χ4v) is 4.25. The minimum absolute atomic E-state index is 0.116. The second-order valence-electron chi connectivity index (χ2n) is 4.66. The first-order chi connectivity index (χ1) is 10.8. The van der Waals surface area contributed by atoms with Crippen molar-refractivity contribution in [3.05, 3.63) is 66.4 Å². The Balaban J connectivity index is 2.08. The molecule has 0 fully saturated rings. The fraction of sp³-hybridized carbons (Fsp3) is 0.111. The van der Waals surface area contributed by atoms with Gasteiger partial charge in [0.15, 0.2) is 0 Å². The molecule has 0 radical (unpaired) electrons. The maximum atomic E-state index is 12.0. The fourth-order valence-electron chi connectivity index (χ4n) is 2.15. The average molecular weight is 356 g/mol. The van der Waals surface area contributed by atoms with Gasteiger partial charge < -0.3 is 0 Å². The molecule has 0 bridgehead atoms. The molecule has 1 aromatic heterocycles. The van der Waals surface area contributed by atoms with E-state index in [0.717, 1.165) is 15.4 Å². The van der Waals surface area contributed by atoms with Crippen molar-refractivity contribution in [1.82, 2.24) is 4.98 Å².